The van der Waals surface area contributed by atoms with Gasteiger partial charge in [0.25, 0.3) is 5.91 Å². The van der Waals surface area contributed by atoms with Crippen molar-refractivity contribution in [2.75, 3.05) is 13.7 Å². The molecule has 1 aliphatic rings. The fourth-order valence-corrected chi connectivity index (χ4v) is 2.89. The second-order valence-electron chi connectivity index (χ2n) is 5.29. The number of nitrogens with zero attached hydrogens (tertiary/aromatic N) is 1. The number of pyridine rings is 1. The average molecular weight is 333 g/mol. The van der Waals surface area contributed by atoms with E-state index in [1.54, 1.807) is 30.6 Å². The molecule has 120 valence electrons. The molecule has 0 unspecified atom stereocenters. The quantitative estimate of drug-likeness (QED) is 0.935. The van der Waals surface area contributed by atoms with Crippen LogP contribution in [0.15, 0.2) is 42.7 Å². The Bertz CT molecular complexity index is 693. The van der Waals surface area contributed by atoms with E-state index in [-0.39, 0.29) is 18.1 Å². The fraction of sp³-hybridized carbons (Fsp3) is 0.294. The number of carbonyl (C=O) groups excluding carboxylic acids is 1. The highest BCUT2D eigenvalue weighted by Crippen LogP contribution is 2.29. The number of hydrogen-bond donors (Lipinski definition) is 1. The Labute approximate surface area is 139 Å². The molecule has 0 spiro atoms. The van der Waals surface area contributed by atoms with Gasteiger partial charge in [0, 0.05) is 29.6 Å². The summed E-state index contributed by atoms with van der Waals surface area (Å²) in [5.41, 5.74) is 1.37. The topological polar surface area (TPSA) is 60.5 Å². The van der Waals surface area contributed by atoms with Gasteiger partial charge in [0.05, 0.1) is 18.7 Å². The Morgan fingerprint density at radius 1 is 1.43 bits per heavy atom. The van der Waals surface area contributed by atoms with Crippen LogP contribution in [0, 0.1) is 0 Å². The van der Waals surface area contributed by atoms with Crippen LogP contribution in [-0.2, 0) is 4.74 Å². The van der Waals surface area contributed by atoms with E-state index < -0.39 is 0 Å². The molecule has 1 saturated heterocycles. The molecule has 3 rings (SSSR count). The standard InChI is InChI=1S/C17H17ClN2O3/c1-22-15-5-4-12(18)9-13(15)17(21)20-14-6-8-23-16(14)11-3-2-7-19-10-11/h2-5,7,9-10,14,16H,6,8H2,1H3,(H,20,21)/t14-,16+/m0/s1. The molecule has 1 aromatic heterocycles. The SMILES string of the molecule is COc1ccc(Cl)cc1C(=O)N[C@H]1CCO[C@@H]1c1cccnc1. The van der Waals surface area contributed by atoms with E-state index in [0.29, 0.717) is 22.9 Å². The molecule has 0 radical (unpaired) electrons. The number of rotatable bonds is 4. The van der Waals surface area contributed by atoms with Crippen LogP contribution in [-0.4, -0.2) is 30.6 Å². The lowest BCUT2D eigenvalue weighted by Gasteiger charge is -2.20. The molecule has 1 N–H and O–H groups in total. The van der Waals surface area contributed by atoms with E-state index >= 15 is 0 Å². The minimum atomic E-state index is -0.228. The fourth-order valence-electron chi connectivity index (χ4n) is 2.71. The maximum Gasteiger partial charge on any atom is 0.255 e. The van der Waals surface area contributed by atoms with Gasteiger partial charge in [-0.1, -0.05) is 17.7 Å². The molecule has 0 saturated carbocycles. The lowest BCUT2D eigenvalue weighted by Crippen LogP contribution is -2.37. The second-order valence-corrected chi connectivity index (χ2v) is 5.73. The number of aromatic nitrogens is 1. The summed E-state index contributed by atoms with van der Waals surface area (Å²) < 4.78 is 11.0. The highest BCUT2D eigenvalue weighted by molar-refractivity contribution is 6.31. The molecule has 0 aliphatic carbocycles. The summed E-state index contributed by atoms with van der Waals surface area (Å²) in [6.45, 7) is 0.594. The van der Waals surface area contributed by atoms with Gasteiger partial charge >= 0.3 is 0 Å². The van der Waals surface area contributed by atoms with Crippen molar-refractivity contribution in [3.63, 3.8) is 0 Å². The maximum atomic E-state index is 12.6. The van der Waals surface area contributed by atoms with Crippen LogP contribution in [0.5, 0.6) is 5.75 Å². The van der Waals surface area contributed by atoms with Crippen LogP contribution >= 0.6 is 11.6 Å². The summed E-state index contributed by atoms with van der Waals surface area (Å²) in [7, 11) is 1.52. The van der Waals surface area contributed by atoms with Crippen LogP contribution in [0.3, 0.4) is 0 Å². The lowest BCUT2D eigenvalue weighted by atomic mass is 10.0. The number of methoxy groups -OCH3 is 1. The highest BCUT2D eigenvalue weighted by Gasteiger charge is 2.31. The molecule has 1 fully saturated rings. The lowest BCUT2D eigenvalue weighted by molar-refractivity contribution is 0.0818. The van der Waals surface area contributed by atoms with Crippen molar-refractivity contribution in [3.05, 3.63) is 58.9 Å². The van der Waals surface area contributed by atoms with E-state index in [4.69, 9.17) is 21.1 Å². The van der Waals surface area contributed by atoms with Crippen molar-refractivity contribution in [2.45, 2.75) is 18.6 Å². The van der Waals surface area contributed by atoms with Gasteiger partial charge in [-0.3, -0.25) is 9.78 Å². The summed E-state index contributed by atoms with van der Waals surface area (Å²) in [6.07, 6.45) is 4.02. The summed E-state index contributed by atoms with van der Waals surface area (Å²) in [5, 5.41) is 3.50. The molecule has 0 bridgehead atoms. The molecule has 1 aliphatic heterocycles. The first-order chi connectivity index (χ1) is 11.2. The zero-order valence-corrected chi connectivity index (χ0v) is 13.4. The largest absolute Gasteiger partial charge is 0.496 e. The summed E-state index contributed by atoms with van der Waals surface area (Å²) in [4.78, 5) is 16.7. The number of carbonyl (C=O) groups is 1. The second kappa shape index (κ2) is 6.98. The van der Waals surface area contributed by atoms with Crippen LogP contribution in [0.25, 0.3) is 0 Å². The summed E-state index contributed by atoms with van der Waals surface area (Å²) in [5.74, 6) is 0.262. The van der Waals surface area contributed by atoms with Gasteiger partial charge in [0.1, 0.15) is 11.9 Å². The van der Waals surface area contributed by atoms with Crippen molar-refractivity contribution in [1.29, 1.82) is 0 Å². The van der Waals surface area contributed by atoms with Gasteiger partial charge in [-0.2, -0.15) is 0 Å². The van der Waals surface area contributed by atoms with Crippen LogP contribution < -0.4 is 10.1 Å². The van der Waals surface area contributed by atoms with E-state index in [0.717, 1.165) is 12.0 Å². The first-order valence-electron chi connectivity index (χ1n) is 7.35. The molecular weight excluding hydrogens is 316 g/mol. The van der Waals surface area contributed by atoms with Gasteiger partial charge < -0.3 is 14.8 Å². The maximum absolute atomic E-state index is 12.6. The van der Waals surface area contributed by atoms with Crippen molar-refractivity contribution < 1.29 is 14.3 Å². The van der Waals surface area contributed by atoms with Gasteiger partial charge in [-0.25, -0.2) is 0 Å². The van der Waals surface area contributed by atoms with Gasteiger partial charge in [0.2, 0.25) is 0 Å². The predicted octanol–water partition coefficient (Wildman–Crippen LogP) is 3.00. The van der Waals surface area contributed by atoms with E-state index in [2.05, 4.69) is 10.3 Å². The normalized spacial score (nSPS) is 20.3. The molecule has 6 heteroatoms. The zero-order chi connectivity index (χ0) is 16.2. The minimum Gasteiger partial charge on any atom is -0.496 e. The smallest absolute Gasteiger partial charge is 0.255 e. The average Bonchev–Trinajstić information content (AvgIpc) is 3.03. The Hall–Kier alpha value is -2.11. The summed E-state index contributed by atoms with van der Waals surface area (Å²) in [6, 6.07) is 8.66. The third-order valence-electron chi connectivity index (χ3n) is 3.83. The van der Waals surface area contributed by atoms with Crippen molar-refractivity contribution >= 4 is 17.5 Å². The molecule has 2 atom stereocenters. The highest BCUT2D eigenvalue weighted by atomic mass is 35.5. The minimum absolute atomic E-state index is 0.115. The molecule has 2 aromatic rings. The molecule has 23 heavy (non-hydrogen) atoms. The molecular formula is C17H17ClN2O3. The van der Waals surface area contributed by atoms with Crippen LogP contribution in [0.4, 0.5) is 0 Å². The van der Waals surface area contributed by atoms with E-state index in [1.165, 1.54) is 7.11 Å². The van der Waals surface area contributed by atoms with Gasteiger partial charge in [0.15, 0.2) is 0 Å². The predicted molar refractivity (Wildman–Crippen MR) is 86.8 cm³/mol. The number of hydrogen-bond acceptors (Lipinski definition) is 4. The zero-order valence-electron chi connectivity index (χ0n) is 12.7. The van der Waals surface area contributed by atoms with Gasteiger partial charge in [-0.15, -0.1) is 0 Å². The number of ether oxygens (including phenoxy) is 2. The van der Waals surface area contributed by atoms with Gasteiger partial charge in [-0.05, 0) is 30.7 Å². The van der Waals surface area contributed by atoms with E-state index in [1.807, 2.05) is 12.1 Å². The molecule has 1 aromatic carbocycles. The third kappa shape index (κ3) is 3.46. The number of nitrogens with one attached hydrogen (secondary N) is 1. The molecule has 2 heterocycles. The number of amides is 1. The number of halogens is 1. The Kier molecular flexibility index (Phi) is 4.79. The summed E-state index contributed by atoms with van der Waals surface area (Å²) >= 11 is 5.99. The molecule has 1 amide bonds. The Balaban J connectivity index is 1.78. The Morgan fingerprint density at radius 2 is 2.30 bits per heavy atom. The van der Waals surface area contributed by atoms with E-state index in [9.17, 15) is 4.79 Å². The number of benzene rings is 1. The van der Waals surface area contributed by atoms with Crippen molar-refractivity contribution in [2.24, 2.45) is 0 Å². The van der Waals surface area contributed by atoms with Crippen molar-refractivity contribution in [3.8, 4) is 5.75 Å². The van der Waals surface area contributed by atoms with Crippen molar-refractivity contribution in [1.82, 2.24) is 10.3 Å². The third-order valence-corrected chi connectivity index (χ3v) is 4.06. The van der Waals surface area contributed by atoms with Crippen LogP contribution in [0.2, 0.25) is 5.02 Å². The van der Waals surface area contributed by atoms with Crippen LogP contribution in [0.1, 0.15) is 28.4 Å². The molecule has 5 nitrogen and oxygen atoms in total. The first-order valence-corrected chi connectivity index (χ1v) is 7.73. The first kappa shape index (κ1) is 15.8. The monoisotopic (exact) mass is 332 g/mol. The Morgan fingerprint density at radius 3 is 3.04 bits per heavy atom.